The van der Waals surface area contributed by atoms with E-state index in [1.165, 1.54) is 0 Å². The van der Waals surface area contributed by atoms with Crippen molar-refractivity contribution in [3.8, 4) is 0 Å². The van der Waals surface area contributed by atoms with Gasteiger partial charge in [-0.3, -0.25) is 0 Å². The molecule has 3 aromatic carbocycles. The first-order valence-electron chi connectivity index (χ1n) is 9.83. The number of fused-ring (bicyclic) bond motifs is 1. The number of halogens is 1. The highest BCUT2D eigenvalue weighted by atomic mass is 35.7. The Morgan fingerprint density at radius 2 is 1.58 bits per heavy atom. The van der Waals surface area contributed by atoms with Gasteiger partial charge in [-0.15, -0.1) is 0 Å². The van der Waals surface area contributed by atoms with Crippen LogP contribution in [0, 0.1) is 5.92 Å². The van der Waals surface area contributed by atoms with Crippen molar-refractivity contribution in [2.24, 2.45) is 5.92 Å². The summed E-state index contributed by atoms with van der Waals surface area (Å²) in [5.74, 6) is 0.169. The van der Waals surface area contributed by atoms with Gasteiger partial charge in [-0.2, -0.15) is 0 Å². The van der Waals surface area contributed by atoms with Crippen molar-refractivity contribution >= 4 is 40.6 Å². The first kappa shape index (κ1) is 24.9. The van der Waals surface area contributed by atoms with Crippen molar-refractivity contribution in [1.29, 1.82) is 0 Å². The molecule has 0 aliphatic heterocycles. The van der Waals surface area contributed by atoms with Crippen LogP contribution in [0.15, 0.2) is 72.8 Å². The Kier molecular flexibility index (Phi) is 9.53. The van der Waals surface area contributed by atoms with E-state index < -0.39 is 6.95 Å². The van der Waals surface area contributed by atoms with E-state index in [0.717, 1.165) is 28.4 Å². The second-order valence-electron chi connectivity index (χ2n) is 7.42. The standard InChI is InChI=1S/C23H25NO2.ClH2O3P/c1-17(2)15-22(23(25)26-16-18-9-4-3-5-10-18)24-21-14-8-12-19-11-6-7-13-20(19)21;1-5(2,3)4/h3-14,17,22,24H,15-16H2,1-2H3;(H2,2,3,4)/t22-;/m0./s1. The predicted molar refractivity (Wildman–Crippen MR) is 125 cm³/mol. The molecule has 1 atom stereocenters. The third kappa shape index (κ3) is 9.53. The smallest absolute Gasteiger partial charge is 0.419 e. The number of hydrogen-bond acceptors (Lipinski definition) is 4. The first-order valence-corrected chi connectivity index (χ1v) is 12.4. The van der Waals surface area contributed by atoms with Gasteiger partial charge in [0.2, 0.25) is 0 Å². The van der Waals surface area contributed by atoms with Crippen molar-refractivity contribution in [3.05, 3.63) is 78.4 Å². The number of benzene rings is 3. The molecular formula is C23H27ClNO5P. The number of nitrogens with one attached hydrogen (secondary N) is 1. The number of carbonyl (C=O) groups is 1. The molecule has 0 aliphatic carbocycles. The van der Waals surface area contributed by atoms with Crippen molar-refractivity contribution in [2.75, 3.05) is 5.32 Å². The fraction of sp³-hybridized carbons (Fsp3) is 0.261. The van der Waals surface area contributed by atoms with Crippen LogP contribution in [0.25, 0.3) is 10.8 Å². The zero-order valence-corrected chi connectivity index (χ0v) is 19.1. The lowest BCUT2D eigenvalue weighted by Crippen LogP contribution is -2.32. The molecule has 3 aromatic rings. The molecule has 166 valence electrons. The minimum absolute atomic E-state index is 0.213. The Morgan fingerprint density at radius 1 is 1.00 bits per heavy atom. The molecule has 3 N–H and O–H groups in total. The lowest BCUT2D eigenvalue weighted by molar-refractivity contribution is -0.146. The molecular weight excluding hydrogens is 437 g/mol. The van der Waals surface area contributed by atoms with Gasteiger partial charge in [-0.1, -0.05) is 80.6 Å². The molecule has 6 nitrogen and oxygen atoms in total. The second-order valence-corrected chi connectivity index (χ2v) is 9.69. The topological polar surface area (TPSA) is 95.9 Å². The zero-order valence-electron chi connectivity index (χ0n) is 17.4. The van der Waals surface area contributed by atoms with Gasteiger partial charge in [0, 0.05) is 22.3 Å². The maximum atomic E-state index is 12.7. The van der Waals surface area contributed by atoms with Crippen LogP contribution in [0.3, 0.4) is 0 Å². The van der Waals surface area contributed by atoms with Crippen LogP contribution in [0.4, 0.5) is 5.69 Å². The van der Waals surface area contributed by atoms with Gasteiger partial charge in [0.05, 0.1) is 0 Å². The Bertz CT molecular complexity index is 1010. The Labute approximate surface area is 187 Å². The van der Waals surface area contributed by atoms with Gasteiger partial charge >= 0.3 is 12.9 Å². The van der Waals surface area contributed by atoms with Gasteiger partial charge in [0.25, 0.3) is 0 Å². The summed E-state index contributed by atoms with van der Waals surface area (Å²) in [6.07, 6.45) is 0.719. The van der Waals surface area contributed by atoms with Crippen LogP contribution in [-0.2, 0) is 20.7 Å². The highest BCUT2D eigenvalue weighted by molar-refractivity contribution is 7.79. The molecule has 0 aliphatic rings. The highest BCUT2D eigenvalue weighted by Gasteiger charge is 2.22. The summed E-state index contributed by atoms with van der Waals surface area (Å²) in [7, 11) is 0. The summed E-state index contributed by atoms with van der Waals surface area (Å²) in [6, 6.07) is 23.7. The van der Waals surface area contributed by atoms with Crippen LogP contribution >= 0.6 is 18.2 Å². The van der Waals surface area contributed by atoms with Gasteiger partial charge in [0.1, 0.15) is 12.6 Å². The number of ether oxygens (including phenoxy) is 1. The molecule has 0 fully saturated rings. The monoisotopic (exact) mass is 463 g/mol. The largest absolute Gasteiger partial charge is 0.459 e. The second kappa shape index (κ2) is 11.9. The summed E-state index contributed by atoms with van der Waals surface area (Å²) in [4.78, 5) is 27.5. The SMILES string of the molecule is CC(C)C[C@H](Nc1cccc2ccccc12)C(=O)OCc1ccccc1.O=P(O)(O)Cl. The molecule has 0 aromatic heterocycles. The molecule has 0 amide bonds. The lowest BCUT2D eigenvalue weighted by Gasteiger charge is -2.21. The molecule has 0 saturated carbocycles. The minimum Gasteiger partial charge on any atom is -0.459 e. The van der Waals surface area contributed by atoms with E-state index in [9.17, 15) is 4.79 Å². The maximum Gasteiger partial charge on any atom is 0.419 e. The molecule has 0 heterocycles. The van der Waals surface area contributed by atoms with Crippen LogP contribution < -0.4 is 5.32 Å². The average molecular weight is 464 g/mol. The summed E-state index contributed by atoms with van der Waals surface area (Å²) in [5.41, 5.74) is 1.96. The predicted octanol–water partition coefficient (Wildman–Crippen LogP) is 5.73. The first-order chi connectivity index (χ1) is 14.6. The molecule has 31 heavy (non-hydrogen) atoms. The van der Waals surface area contributed by atoms with Gasteiger partial charge in [-0.25, -0.2) is 9.36 Å². The third-order valence-corrected chi connectivity index (χ3v) is 4.33. The lowest BCUT2D eigenvalue weighted by atomic mass is 10.0. The number of carbonyl (C=O) groups excluding carboxylic acids is 1. The Balaban J connectivity index is 0.000000614. The fourth-order valence-electron chi connectivity index (χ4n) is 3.05. The van der Waals surface area contributed by atoms with Crippen molar-refractivity contribution in [2.45, 2.75) is 32.9 Å². The van der Waals surface area contributed by atoms with E-state index in [4.69, 9.17) is 19.1 Å². The summed E-state index contributed by atoms with van der Waals surface area (Å²) >= 11 is 4.20. The molecule has 8 heteroatoms. The van der Waals surface area contributed by atoms with Gasteiger partial charge in [0.15, 0.2) is 0 Å². The minimum atomic E-state index is -4.17. The number of esters is 1. The van der Waals surface area contributed by atoms with E-state index in [1.807, 2.05) is 54.6 Å². The van der Waals surface area contributed by atoms with E-state index in [2.05, 4.69) is 48.6 Å². The molecule has 0 radical (unpaired) electrons. The van der Waals surface area contributed by atoms with Crippen LogP contribution in [-0.4, -0.2) is 21.8 Å². The summed E-state index contributed by atoms with van der Waals surface area (Å²) in [6.45, 7) is 0.357. The average Bonchev–Trinajstić information content (AvgIpc) is 2.71. The third-order valence-electron chi connectivity index (χ3n) is 4.33. The van der Waals surface area contributed by atoms with Gasteiger partial charge in [-0.05, 0) is 29.4 Å². The van der Waals surface area contributed by atoms with Crippen molar-refractivity contribution in [1.82, 2.24) is 0 Å². The number of anilines is 1. The highest BCUT2D eigenvalue weighted by Crippen LogP contribution is 2.39. The Hall–Kier alpha value is -2.37. The van der Waals surface area contributed by atoms with Crippen LogP contribution in [0.1, 0.15) is 25.8 Å². The fourth-order valence-corrected chi connectivity index (χ4v) is 3.05. The normalized spacial score (nSPS) is 12.1. The van der Waals surface area contributed by atoms with Crippen molar-refractivity contribution in [3.63, 3.8) is 0 Å². The molecule has 0 spiro atoms. The molecule has 0 bridgehead atoms. The summed E-state index contributed by atoms with van der Waals surface area (Å²) < 4.78 is 14.7. The molecule has 0 unspecified atom stereocenters. The molecule has 3 rings (SSSR count). The summed E-state index contributed by atoms with van der Waals surface area (Å²) in [5, 5.41) is 5.68. The van der Waals surface area contributed by atoms with E-state index in [1.54, 1.807) is 0 Å². The Morgan fingerprint density at radius 3 is 2.23 bits per heavy atom. The van der Waals surface area contributed by atoms with Crippen LogP contribution in [0.5, 0.6) is 0 Å². The quantitative estimate of drug-likeness (QED) is 0.306. The molecule has 0 saturated heterocycles. The van der Waals surface area contributed by atoms with E-state index >= 15 is 0 Å². The maximum absolute atomic E-state index is 12.7. The number of rotatable bonds is 7. The van der Waals surface area contributed by atoms with Gasteiger partial charge < -0.3 is 19.8 Å². The van der Waals surface area contributed by atoms with E-state index in [0.29, 0.717) is 12.5 Å². The van der Waals surface area contributed by atoms with Crippen molar-refractivity contribution < 1.29 is 23.9 Å². The number of hydrogen-bond donors (Lipinski definition) is 3. The van der Waals surface area contributed by atoms with Crippen LogP contribution in [0.2, 0.25) is 0 Å². The van der Waals surface area contributed by atoms with E-state index in [-0.39, 0.29) is 12.0 Å². The zero-order chi connectivity index (χ0) is 22.9.